The van der Waals surface area contributed by atoms with E-state index in [1.54, 1.807) is 7.11 Å². The van der Waals surface area contributed by atoms with Crippen molar-refractivity contribution in [1.82, 2.24) is 0 Å². The Hall–Kier alpha value is -1.14. The van der Waals surface area contributed by atoms with Crippen molar-refractivity contribution in [3.05, 3.63) is 0 Å². The molecule has 0 radical (unpaired) electrons. The van der Waals surface area contributed by atoms with Gasteiger partial charge in [-0.2, -0.15) is 0 Å². The highest BCUT2D eigenvalue weighted by molar-refractivity contribution is 5.76. The maximum atomic E-state index is 11.9. The Morgan fingerprint density at radius 2 is 1.16 bits per heavy atom. The zero-order valence-corrected chi connectivity index (χ0v) is 21.1. The van der Waals surface area contributed by atoms with Crippen LogP contribution in [0.3, 0.4) is 0 Å². The quantitative estimate of drug-likeness (QED) is 0.224. The number of ether oxygens (including phenoxy) is 3. The Balaban J connectivity index is 4.07. The highest BCUT2D eigenvalue weighted by Crippen LogP contribution is 2.27. The average molecular weight is 445 g/mol. The van der Waals surface area contributed by atoms with Crippen LogP contribution in [0.4, 0.5) is 0 Å². The van der Waals surface area contributed by atoms with Gasteiger partial charge in [0.15, 0.2) is 0 Å². The van der Waals surface area contributed by atoms with E-state index in [2.05, 4.69) is 0 Å². The largest absolute Gasteiger partial charge is 0.466 e. The molecule has 0 spiro atoms. The first-order valence-electron chi connectivity index (χ1n) is 12.1. The van der Waals surface area contributed by atoms with Gasteiger partial charge in [-0.05, 0) is 67.2 Å². The van der Waals surface area contributed by atoms with Gasteiger partial charge in [0.1, 0.15) is 0 Å². The van der Waals surface area contributed by atoms with Gasteiger partial charge in [0.25, 0.3) is 0 Å². The minimum Gasteiger partial charge on any atom is -0.466 e. The molecule has 0 aromatic heterocycles. The van der Waals surface area contributed by atoms with Gasteiger partial charge < -0.3 is 19.3 Å². The predicted octanol–water partition coefficient (Wildman–Crippen LogP) is 5.44. The fraction of sp³-hybridized carbons (Fsp3) is 0.920. The fourth-order valence-corrected chi connectivity index (χ4v) is 3.70. The molecule has 31 heavy (non-hydrogen) atoms. The minimum absolute atomic E-state index is 0.133. The van der Waals surface area contributed by atoms with E-state index in [-0.39, 0.29) is 18.0 Å². The van der Waals surface area contributed by atoms with Crippen LogP contribution in [-0.2, 0) is 23.8 Å². The minimum atomic E-state index is -0.473. The summed E-state index contributed by atoms with van der Waals surface area (Å²) >= 11 is 0. The molecule has 0 fully saturated rings. The van der Waals surface area contributed by atoms with E-state index in [1.807, 2.05) is 41.5 Å². The lowest BCUT2D eigenvalue weighted by Gasteiger charge is -2.24. The Labute approximate surface area is 190 Å². The highest BCUT2D eigenvalue weighted by atomic mass is 16.5. The molecule has 6 heteroatoms. The number of rotatable bonds is 18. The molecule has 0 aromatic carbocycles. The molecule has 2 atom stereocenters. The normalized spacial score (nSPS) is 14.2. The van der Waals surface area contributed by atoms with E-state index in [0.717, 1.165) is 57.8 Å². The van der Waals surface area contributed by atoms with E-state index in [9.17, 15) is 14.7 Å². The molecule has 0 rings (SSSR count). The summed E-state index contributed by atoms with van der Waals surface area (Å²) < 4.78 is 15.8. The van der Waals surface area contributed by atoms with Crippen LogP contribution in [0.1, 0.15) is 106 Å². The van der Waals surface area contributed by atoms with Gasteiger partial charge in [0.05, 0.1) is 36.3 Å². The van der Waals surface area contributed by atoms with Crippen LogP contribution in [0.15, 0.2) is 0 Å². The molecule has 0 saturated carbocycles. The SMILES string of the molecule is CCOC(=O)C(C)(C)CCCCC[C@@H](O)[C@H](CCCCCC(C)(C)C(=O)OCC)OC. The van der Waals surface area contributed by atoms with Gasteiger partial charge in [0.2, 0.25) is 0 Å². The van der Waals surface area contributed by atoms with Crippen molar-refractivity contribution in [3.8, 4) is 0 Å². The Morgan fingerprint density at radius 1 is 0.742 bits per heavy atom. The van der Waals surface area contributed by atoms with Crippen molar-refractivity contribution >= 4 is 11.9 Å². The summed E-state index contributed by atoms with van der Waals surface area (Å²) in [4.78, 5) is 23.9. The number of unbranched alkanes of at least 4 members (excludes halogenated alkanes) is 4. The zero-order chi connectivity index (χ0) is 23.9. The van der Waals surface area contributed by atoms with Gasteiger partial charge in [-0.1, -0.05) is 38.5 Å². The fourth-order valence-electron chi connectivity index (χ4n) is 3.70. The molecule has 0 aromatic rings. The number of hydrogen-bond donors (Lipinski definition) is 1. The molecule has 0 bridgehead atoms. The van der Waals surface area contributed by atoms with Crippen molar-refractivity contribution in [2.75, 3.05) is 20.3 Å². The topological polar surface area (TPSA) is 82.1 Å². The van der Waals surface area contributed by atoms with Gasteiger partial charge >= 0.3 is 11.9 Å². The number of methoxy groups -OCH3 is 1. The van der Waals surface area contributed by atoms with Gasteiger partial charge in [-0.15, -0.1) is 0 Å². The van der Waals surface area contributed by atoms with Crippen molar-refractivity contribution in [1.29, 1.82) is 0 Å². The molecule has 0 aliphatic heterocycles. The van der Waals surface area contributed by atoms with E-state index in [4.69, 9.17) is 14.2 Å². The molecule has 0 aliphatic carbocycles. The van der Waals surface area contributed by atoms with E-state index in [0.29, 0.717) is 19.6 Å². The maximum Gasteiger partial charge on any atom is 0.311 e. The first kappa shape index (κ1) is 29.9. The number of carbonyl (C=O) groups is 2. The third-order valence-corrected chi connectivity index (χ3v) is 5.98. The Kier molecular flexibility index (Phi) is 15.1. The van der Waals surface area contributed by atoms with Crippen LogP contribution in [0.25, 0.3) is 0 Å². The number of carbonyl (C=O) groups excluding carboxylic acids is 2. The summed E-state index contributed by atoms with van der Waals surface area (Å²) in [5.74, 6) is -0.272. The summed E-state index contributed by atoms with van der Waals surface area (Å²) in [5, 5.41) is 10.5. The monoisotopic (exact) mass is 444 g/mol. The Morgan fingerprint density at radius 3 is 1.55 bits per heavy atom. The summed E-state index contributed by atoms with van der Waals surface area (Å²) in [7, 11) is 1.65. The lowest BCUT2D eigenvalue weighted by molar-refractivity contribution is -0.154. The molecule has 0 aliphatic rings. The molecular formula is C25H48O6. The predicted molar refractivity (Wildman–Crippen MR) is 124 cm³/mol. The molecule has 184 valence electrons. The number of hydrogen-bond acceptors (Lipinski definition) is 6. The molecule has 1 N–H and O–H groups in total. The van der Waals surface area contributed by atoms with Crippen LogP contribution >= 0.6 is 0 Å². The summed E-state index contributed by atoms with van der Waals surface area (Å²) in [6.45, 7) is 12.2. The third kappa shape index (κ3) is 12.5. The molecular weight excluding hydrogens is 396 g/mol. The van der Waals surface area contributed by atoms with Crippen LogP contribution in [0.2, 0.25) is 0 Å². The smallest absolute Gasteiger partial charge is 0.311 e. The van der Waals surface area contributed by atoms with E-state index >= 15 is 0 Å². The first-order chi connectivity index (χ1) is 14.5. The second kappa shape index (κ2) is 15.6. The third-order valence-electron chi connectivity index (χ3n) is 5.98. The van der Waals surface area contributed by atoms with Gasteiger partial charge in [0, 0.05) is 7.11 Å². The van der Waals surface area contributed by atoms with Crippen molar-refractivity contribution in [2.45, 2.75) is 118 Å². The second-order valence-corrected chi connectivity index (χ2v) is 9.75. The molecule has 0 amide bonds. The number of aliphatic hydroxyl groups excluding tert-OH is 1. The molecule has 6 nitrogen and oxygen atoms in total. The second-order valence-electron chi connectivity index (χ2n) is 9.75. The maximum absolute atomic E-state index is 11.9. The van der Waals surface area contributed by atoms with Crippen LogP contribution < -0.4 is 0 Å². The summed E-state index contributed by atoms with van der Waals surface area (Å²) in [6.07, 6.45) is 8.20. The molecule has 0 saturated heterocycles. The molecule has 0 unspecified atom stereocenters. The number of aliphatic hydroxyl groups is 1. The Bertz CT molecular complexity index is 500. The lowest BCUT2D eigenvalue weighted by atomic mass is 9.86. The van der Waals surface area contributed by atoms with Crippen LogP contribution in [0, 0.1) is 10.8 Å². The first-order valence-corrected chi connectivity index (χ1v) is 12.1. The lowest BCUT2D eigenvalue weighted by Crippen LogP contribution is -2.28. The van der Waals surface area contributed by atoms with E-state index in [1.165, 1.54) is 0 Å². The highest BCUT2D eigenvalue weighted by Gasteiger charge is 2.29. The summed E-state index contributed by atoms with van der Waals surface area (Å²) in [6, 6.07) is 0. The zero-order valence-electron chi connectivity index (χ0n) is 21.1. The average Bonchev–Trinajstić information content (AvgIpc) is 2.70. The van der Waals surface area contributed by atoms with Crippen molar-refractivity contribution in [3.63, 3.8) is 0 Å². The van der Waals surface area contributed by atoms with Gasteiger partial charge in [-0.3, -0.25) is 9.59 Å². The van der Waals surface area contributed by atoms with Crippen molar-refractivity contribution in [2.24, 2.45) is 10.8 Å². The van der Waals surface area contributed by atoms with Crippen LogP contribution in [-0.4, -0.2) is 49.6 Å². The van der Waals surface area contributed by atoms with Crippen molar-refractivity contribution < 1.29 is 28.9 Å². The standard InChI is InChI=1S/C25H48O6/c1-8-30-22(27)24(3,4)18-14-10-12-16-20(26)21(29-7)17-13-11-15-19-25(5,6)23(28)31-9-2/h20-21,26H,8-19H2,1-7H3/t20-,21+/m1/s1. The van der Waals surface area contributed by atoms with Gasteiger partial charge in [-0.25, -0.2) is 0 Å². The molecule has 0 heterocycles. The number of esters is 2. The summed E-state index contributed by atoms with van der Waals surface area (Å²) in [5.41, 5.74) is -0.899. The van der Waals surface area contributed by atoms with E-state index < -0.39 is 16.9 Å². The van der Waals surface area contributed by atoms with Crippen LogP contribution in [0.5, 0.6) is 0 Å².